The van der Waals surface area contributed by atoms with Gasteiger partial charge in [-0.25, -0.2) is 9.78 Å². The van der Waals surface area contributed by atoms with E-state index in [0.717, 1.165) is 0 Å². The SMILES string of the molecule is CC(C)(OOC(C)(C)C(c1cccc2ccccc12)[Si](c1ccccc1)c1ccccc1)C(c1cccc2ccccc12)[Si](c1ccccc1)c1ccccc1. The average Bonchev–Trinajstić information content (AvgIpc) is 3.25. The Hall–Kier alpha value is -5.37. The molecule has 0 amide bonds. The van der Waals surface area contributed by atoms with Crippen LogP contribution in [0, 0.1) is 0 Å². The molecule has 2 radical (unpaired) electrons. The summed E-state index contributed by atoms with van der Waals surface area (Å²) in [5, 5.41) is 10.3. The molecule has 0 aliphatic rings. The topological polar surface area (TPSA) is 18.5 Å². The third-order valence-electron chi connectivity index (χ3n) is 11.0. The average molecular weight is 761 g/mol. The maximum atomic E-state index is 7.16. The van der Waals surface area contributed by atoms with E-state index in [1.807, 2.05) is 0 Å². The first kappa shape index (κ1) is 37.6. The second-order valence-corrected chi connectivity index (χ2v) is 20.8. The van der Waals surface area contributed by atoms with Gasteiger partial charge in [0.1, 0.15) is 28.8 Å². The minimum absolute atomic E-state index is 0.0248. The van der Waals surface area contributed by atoms with Crippen LogP contribution in [0.1, 0.15) is 49.9 Å². The van der Waals surface area contributed by atoms with Crippen molar-refractivity contribution < 1.29 is 9.78 Å². The fraction of sp³-hybridized carbons (Fsp3) is 0.154. The summed E-state index contributed by atoms with van der Waals surface area (Å²) in [4.78, 5) is 14.3. The lowest BCUT2D eigenvalue weighted by molar-refractivity contribution is -0.402. The van der Waals surface area contributed by atoms with E-state index in [4.69, 9.17) is 9.78 Å². The van der Waals surface area contributed by atoms with Crippen LogP contribution in [0.3, 0.4) is 0 Å². The standard InChI is InChI=1S/C52H48O2Si2/c1-51(2,49(47-37-21-25-39-23-17-19-35-45(39)47)55(41-27-9-5-10-28-41)42-29-11-6-12-30-42)53-54-52(3,4)50(48-38-22-26-40-24-18-20-36-46(40)48)56(43-31-13-7-14-32-43)44-33-15-8-16-34-44/h5-38,49-50H,1-4H3. The lowest BCUT2D eigenvalue weighted by Crippen LogP contribution is -2.57. The normalized spacial score (nSPS) is 13.3. The second kappa shape index (κ2) is 16.4. The van der Waals surface area contributed by atoms with Gasteiger partial charge in [0.15, 0.2) is 0 Å². The fourth-order valence-corrected chi connectivity index (χ4v) is 15.4. The Balaban J connectivity index is 1.28. The van der Waals surface area contributed by atoms with Crippen LogP contribution in [0.5, 0.6) is 0 Å². The second-order valence-electron chi connectivity index (χ2n) is 15.7. The molecule has 0 aromatic heterocycles. The summed E-state index contributed by atoms with van der Waals surface area (Å²) in [7, 11) is -3.01. The van der Waals surface area contributed by atoms with Crippen LogP contribution >= 0.6 is 0 Å². The van der Waals surface area contributed by atoms with Crippen molar-refractivity contribution in [2.75, 3.05) is 0 Å². The van der Waals surface area contributed by atoms with Gasteiger partial charge in [-0.2, -0.15) is 0 Å². The molecule has 8 aromatic carbocycles. The largest absolute Gasteiger partial charge is 0.230 e. The van der Waals surface area contributed by atoms with Crippen LogP contribution in [0.25, 0.3) is 21.5 Å². The zero-order chi connectivity index (χ0) is 38.5. The lowest BCUT2D eigenvalue weighted by Gasteiger charge is -2.43. The van der Waals surface area contributed by atoms with Gasteiger partial charge in [0.05, 0.1) is 0 Å². The summed E-state index contributed by atoms with van der Waals surface area (Å²) in [6.07, 6.45) is 0. The molecule has 0 saturated heterocycles. The van der Waals surface area contributed by atoms with E-state index >= 15 is 0 Å². The van der Waals surface area contributed by atoms with E-state index in [1.165, 1.54) is 53.4 Å². The quantitative estimate of drug-likeness (QED) is 0.0662. The highest BCUT2D eigenvalue weighted by molar-refractivity contribution is 6.87. The highest BCUT2D eigenvalue weighted by Gasteiger charge is 2.47. The molecular formula is C52H48O2Si2. The summed E-state index contributed by atoms with van der Waals surface area (Å²) in [5.74, 6) is 0. The number of benzene rings is 8. The van der Waals surface area contributed by atoms with E-state index in [2.05, 4.69) is 234 Å². The van der Waals surface area contributed by atoms with E-state index < -0.39 is 28.8 Å². The van der Waals surface area contributed by atoms with Crippen molar-refractivity contribution in [1.82, 2.24) is 0 Å². The molecule has 2 atom stereocenters. The minimum atomic E-state index is -1.50. The van der Waals surface area contributed by atoms with Gasteiger partial charge in [0.25, 0.3) is 0 Å². The summed E-state index contributed by atoms with van der Waals surface area (Å²) in [6.45, 7) is 8.94. The van der Waals surface area contributed by atoms with Crippen molar-refractivity contribution in [3.8, 4) is 0 Å². The van der Waals surface area contributed by atoms with Gasteiger partial charge in [-0.05, 0) is 60.4 Å². The van der Waals surface area contributed by atoms with E-state index in [1.54, 1.807) is 0 Å². The van der Waals surface area contributed by atoms with Crippen molar-refractivity contribution in [1.29, 1.82) is 0 Å². The first-order valence-corrected chi connectivity index (χ1v) is 22.7. The molecule has 0 saturated carbocycles. The van der Waals surface area contributed by atoms with Crippen molar-refractivity contribution in [2.45, 2.75) is 50.0 Å². The summed E-state index contributed by atoms with van der Waals surface area (Å²) in [5.41, 5.74) is 1.00. The molecule has 2 nitrogen and oxygen atoms in total. The van der Waals surface area contributed by atoms with Crippen LogP contribution < -0.4 is 20.7 Å². The third kappa shape index (κ3) is 7.71. The number of fused-ring (bicyclic) bond motifs is 2. The first-order chi connectivity index (χ1) is 27.3. The van der Waals surface area contributed by atoms with Gasteiger partial charge >= 0.3 is 0 Å². The molecule has 0 heterocycles. The molecule has 4 heteroatoms. The molecule has 0 aliphatic heterocycles. The molecule has 8 aromatic rings. The lowest BCUT2D eigenvalue weighted by atomic mass is 9.92. The monoisotopic (exact) mass is 760 g/mol. The summed E-state index contributed by atoms with van der Waals surface area (Å²) < 4.78 is 0. The number of rotatable bonds is 13. The Kier molecular flexibility index (Phi) is 11.0. The van der Waals surface area contributed by atoms with Crippen LogP contribution in [-0.2, 0) is 9.78 Å². The predicted octanol–water partition coefficient (Wildman–Crippen LogP) is 10.1. The smallest absolute Gasteiger partial charge is 0.132 e. The molecule has 2 unspecified atom stereocenters. The van der Waals surface area contributed by atoms with E-state index in [0.29, 0.717) is 0 Å². The minimum Gasteiger partial charge on any atom is -0.230 e. The molecule has 0 spiro atoms. The molecule has 56 heavy (non-hydrogen) atoms. The van der Waals surface area contributed by atoms with Gasteiger partial charge in [0.2, 0.25) is 0 Å². The number of hydrogen-bond acceptors (Lipinski definition) is 2. The van der Waals surface area contributed by atoms with Gasteiger partial charge in [0, 0.05) is 11.1 Å². The third-order valence-corrected chi connectivity index (χ3v) is 18.0. The maximum absolute atomic E-state index is 7.16. The maximum Gasteiger partial charge on any atom is 0.132 e. The van der Waals surface area contributed by atoms with Crippen LogP contribution in [0.4, 0.5) is 0 Å². The summed E-state index contributed by atoms with van der Waals surface area (Å²) >= 11 is 0. The Morgan fingerprint density at radius 2 is 0.589 bits per heavy atom. The Morgan fingerprint density at radius 1 is 0.321 bits per heavy atom. The highest BCUT2D eigenvalue weighted by Crippen LogP contribution is 2.42. The first-order valence-electron chi connectivity index (χ1n) is 19.6. The zero-order valence-electron chi connectivity index (χ0n) is 32.6. The molecule has 8 rings (SSSR count). The molecule has 276 valence electrons. The van der Waals surface area contributed by atoms with Gasteiger partial charge in [-0.1, -0.05) is 227 Å². The Morgan fingerprint density at radius 3 is 0.911 bits per heavy atom. The van der Waals surface area contributed by atoms with E-state index in [9.17, 15) is 0 Å². The predicted molar refractivity (Wildman–Crippen MR) is 240 cm³/mol. The molecule has 0 N–H and O–H groups in total. The zero-order valence-corrected chi connectivity index (χ0v) is 34.6. The van der Waals surface area contributed by atoms with Crippen molar-refractivity contribution in [2.24, 2.45) is 0 Å². The molecule has 0 bridgehead atoms. The summed E-state index contributed by atoms with van der Waals surface area (Å²) in [6, 6.07) is 75.1. The van der Waals surface area contributed by atoms with Gasteiger partial charge < -0.3 is 0 Å². The Bertz CT molecular complexity index is 2230. The highest BCUT2D eigenvalue weighted by atomic mass is 28.3. The fourth-order valence-electron chi connectivity index (χ4n) is 8.54. The van der Waals surface area contributed by atoms with Crippen LogP contribution in [-0.4, -0.2) is 28.8 Å². The van der Waals surface area contributed by atoms with Crippen LogP contribution in [0.2, 0.25) is 0 Å². The van der Waals surface area contributed by atoms with Crippen molar-refractivity contribution in [3.05, 3.63) is 217 Å². The molecular weight excluding hydrogens is 713 g/mol. The Labute approximate surface area is 335 Å². The molecule has 0 aliphatic carbocycles. The molecule has 0 fully saturated rings. The van der Waals surface area contributed by atoms with Crippen molar-refractivity contribution >= 4 is 59.9 Å². The van der Waals surface area contributed by atoms with Gasteiger partial charge in [-0.3, -0.25) is 0 Å². The van der Waals surface area contributed by atoms with Crippen molar-refractivity contribution in [3.63, 3.8) is 0 Å². The number of hydrogen-bond donors (Lipinski definition) is 0. The van der Waals surface area contributed by atoms with E-state index in [-0.39, 0.29) is 11.1 Å². The van der Waals surface area contributed by atoms with Crippen LogP contribution in [0.15, 0.2) is 206 Å². The van der Waals surface area contributed by atoms with Gasteiger partial charge in [-0.15, -0.1) is 0 Å².